The van der Waals surface area contributed by atoms with Crippen LogP contribution in [0.4, 0.5) is 0 Å². The van der Waals surface area contributed by atoms with E-state index in [1.165, 1.54) is 0 Å². The normalized spacial score (nSPS) is 12.2. The number of hydrogen-bond donors (Lipinski definition) is 1. The SMILES string of the molecule is C[C@H](NC(=O)CN(C)Cc1ccc(Cl)cc1)c1ccc(Cl)c(Cl)c1. The number of rotatable bonds is 6. The Hall–Kier alpha value is -1.26. The highest BCUT2D eigenvalue weighted by Gasteiger charge is 2.13. The fourth-order valence-corrected chi connectivity index (χ4v) is 2.79. The highest BCUT2D eigenvalue weighted by Crippen LogP contribution is 2.25. The van der Waals surface area contributed by atoms with E-state index in [4.69, 9.17) is 34.8 Å². The number of nitrogens with one attached hydrogen (secondary N) is 1. The van der Waals surface area contributed by atoms with Gasteiger partial charge in [-0.05, 0) is 49.4 Å². The number of halogens is 3. The number of nitrogens with zero attached hydrogens (tertiary/aromatic N) is 1. The van der Waals surface area contributed by atoms with E-state index in [-0.39, 0.29) is 11.9 Å². The Balaban J connectivity index is 1.87. The average Bonchev–Trinajstić information content (AvgIpc) is 2.52. The van der Waals surface area contributed by atoms with Gasteiger partial charge in [-0.1, -0.05) is 53.0 Å². The smallest absolute Gasteiger partial charge is 0.234 e. The first kappa shape index (κ1) is 19.1. The third-order valence-corrected chi connectivity index (χ3v) is 4.59. The number of likely N-dealkylation sites (N-methyl/N-ethyl adjacent to an activating group) is 1. The monoisotopic (exact) mass is 384 g/mol. The molecular weight excluding hydrogens is 367 g/mol. The zero-order chi connectivity index (χ0) is 17.7. The Kier molecular flexibility index (Phi) is 6.93. The molecule has 0 aliphatic carbocycles. The van der Waals surface area contributed by atoms with E-state index in [1.54, 1.807) is 12.1 Å². The maximum absolute atomic E-state index is 12.2. The van der Waals surface area contributed by atoms with Crippen molar-refractivity contribution in [2.75, 3.05) is 13.6 Å². The van der Waals surface area contributed by atoms with Crippen molar-refractivity contribution in [3.8, 4) is 0 Å². The minimum atomic E-state index is -0.142. The van der Waals surface area contributed by atoms with Crippen LogP contribution >= 0.6 is 34.8 Å². The number of carbonyl (C=O) groups excluding carboxylic acids is 1. The van der Waals surface area contributed by atoms with Gasteiger partial charge in [-0.15, -0.1) is 0 Å². The molecule has 0 aromatic heterocycles. The summed E-state index contributed by atoms with van der Waals surface area (Å²) in [4.78, 5) is 14.1. The van der Waals surface area contributed by atoms with Gasteiger partial charge in [0.1, 0.15) is 0 Å². The quantitative estimate of drug-likeness (QED) is 0.762. The molecule has 2 rings (SSSR count). The molecule has 0 unspecified atom stereocenters. The molecule has 1 amide bonds. The zero-order valence-electron chi connectivity index (χ0n) is 13.5. The van der Waals surface area contributed by atoms with Crippen molar-refractivity contribution in [2.45, 2.75) is 19.5 Å². The van der Waals surface area contributed by atoms with Crippen LogP contribution < -0.4 is 5.32 Å². The molecule has 0 aliphatic heterocycles. The molecule has 24 heavy (non-hydrogen) atoms. The summed E-state index contributed by atoms with van der Waals surface area (Å²) >= 11 is 17.8. The topological polar surface area (TPSA) is 32.3 Å². The molecule has 0 bridgehead atoms. The molecule has 0 radical (unpaired) electrons. The predicted molar refractivity (Wildman–Crippen MR) is 101 cm³/mol. The lowest BCUT2D eigenvalue weighted by molar-refractivity contribution is -0.122. The van der Waals surface area contributed by atoms with Gasteiger partial charge in [-0.3, -0.25) is 9.69 Å². The van der Waals surface area contributed by atoms with Crippen LogP contribution in [-0.2, 0) is 11.3 Å². The van der Waals surface area contributed by atoms with Gasteiger partial charge >= 0.3 is 0 Å². The summed E-state index contributed by atoms with van der Waals surface area (Å²) < 4.78 is 0. The van der Waals surface area contributed by atoms with Crippen LogP contribution in [0.3, 0.4) is 0 Å². The lowest BCUT2D eigenvalue weighted by atomic mass is 10.1. The first-order chi connectivity index (χ1) is 11.3. The van der Waals surface area contributed by atoms with Crippen LogP contribution in [-0.4, -0.2) is 24.4 Å². The molecule has 0 saturated carbocycles. The zero-order valence-corrected chi connectivity index (χ0v) is 15.8. The second kappa shape index (κ2) is 8.72. The molecule has 0 fully saturated rings. The maximum atomic E-state index is 12.2. The fourth-order valence-electron chi connectivity index (χ4n) is 2.35. The molecule has 128 valence electrons. The second-order valence-electron chi connectivity index (χ2n) is 5.76. The highest BCUT2D eigenvalue weighted by atomic mass is 35.5. The number of benzene rings is 2. The van der Waals surface area contributed by atoms with Gasteiger partial charge in [0.2, 0.25) is 5.91 Å². The van der Waals surface area contributed by atoms with E-state index in [9.17, 15) is 4.79 Å². The van der Waals surface area contributed by atoms with Gasteiger partial charge in [-0.2, -0.15) is 0 Å². The molecule has 1 atom stereocenters. The number of carbonyl (C=O) groups is 1. The molecule has 0 aliphatic rings. The minimum Gasteiger partial charge on any atom is -0.348 e. The lowest BCUT2D eigenvalue weighted by Crippen LogP contribution is -2.36. The Morgan fingerprint density at radius 1 is 1.08 bits per heavy atom. The molecule has 1 N–H and O–H groups in total. The minimum absolute atomic E-state index is 0.0509. The fraction of sp³-hybridized carbons (Fsp3) is 0.278. The van der Waals surface area contributed by atoms with Crippen molar-refractivity contribution < 1.29 is 4.79 Å². The lowest BCUT2D eigenvalue weighted by Gasteiger charge is -2.19. The van der Waals surface area contributed by atoms with E-state index in [1.807, 2.05) is 49.2 Å². The predicted octanol–water partition coefficient (Wildman–Crippen LogP) is 4.96. The Morgan fingerprint density at radius 3 is 2.38 bits per heavy atom. The third-order valence-electron chi connectivity index (χ3n) is 3.60. The van der Waals surface area contributed by atoms with Gasteiger partial charge < -0.3 is 5.32 Å². The van der Waals surface area contributed by atoms with Crippen molar-refractivity contribution in [3.63, 3.8) is 0 Å². The average molecular weight is 386 g/mol. The van der Waals surface area contributed by atoms with E-state index in [0.29, 0.717) is 28.2 Å². The molecule has 0 saturated heterocycles. The van der Waals surface area contributed by atoms with Gasteiger partial charge in [0, 0.05) is 11.6 Å². The highest BCUT2D eigenvalue weighted by molar-refractivity contribution is 6.42. The molecule has 0 heterocycles. The van der Waals surface area contributed by atoms with E-state index in [0.717, 1.165) is 11.1 Å². The van der Waals surface area contributed by atoms with Crippen molar-refractivity contribution >= 4 is 40.7 Å². The molecular formula is C18H19Cl3N2O. The largest absolute Gasteiger partial charge is 0.348 e. The Labute approximate surface area is 157 Å². The first-order valence-corrected chi connectivity index (χ1v) is 8.66. The Morgan fingerprint density at radius 2 is 1.75 bits per heavy atom. The van der Waals surface area contributed by atoms with Crippen LogP contribution in [0.15, 0.2) is 42.5 Å². The molecule has 2 aromatic carbocycles. The molecule has 2 aromatic rings. The van der Waals surface area contributed by atoms with Crippen LogP contribution in [0.2, 0.25) is 15.1 Å². The van der Waals surface area contributed by atoms with Gasteiger partial charge in [0.25, 0.3) is 0 Å². The third kappa shape index (κ3) is 5.67. The van der Waals surface area contributed by atoms with Crippen LogP contribution in [0.1, 0.15) is 24.1 Å². The summed E-state index contributed by atoms with van der Waals surface area (Å²) in [6.45, 7) is 2.89. The maximum Gasteiger partial charge on any atom is 0.234 e. The van der Waals surface area contributed by atoms with Gasteiger partial charge in [0.05, 0.1) is 22.6 Å². The Bertz CT molecular complexity index is 704. The van der Waals surface area contributed by atoms with E-state index in [2.05, 4.69) is 5.32 Å². The summed E-state index contributed by atoms with van der Waals surface area (Å²) in [5.41, 5.74) is 2.02. The molecule has 0 spiro atoms. The van der Waals surface area contributed by atoms with Crippen molar-refractivity contribution in [2.24, 2.45) is 0 Å². The summed E-state index contributed by atoms with van der Waals surface area (Å²) in [5.74, 6) is -0.0509. The standard InChI is InChI=1S/C18H19Cl3N2O/c1-12(14-5-8-16(20)17(21)9-14)22-18(24)11-23(2)10-13-3-6-15(19)7-4-13/h3-9,12H,10-11H2,1-2H3,(H,22,24)/t12-/m0/s1. The van der Waals surface area contributed by atoms with Crippen LogP contribution in [0.5, 0.6) is 0 Å². The summed E-state index contributed by atoms with van der Waals surface area (Å²) in [6.07, 6.45) is 0. The molecule has 3 nitrogen and oxygen atoms in total. The van der Waals surface area contributed by atoms with Crippen LogP contribution in [0, 0.1) is 0 Å². The molecule has 6 heteroatoms. The summed E-state index contributed by atoms with van der Waals surface area (Å²) in [7, 11) is 1.90. The van der Waals surface area contributed by atoms with Crippen molar-refractivity contribution in [1.82, 2.24) is 10.2 Å². The summed E-state index contributed by atoms with van der Waals surface area (Å²) in [6, 6.07) is 12.8. The van der Waals surface area contributed by atoms with E-state index < -0.39 is 0 Å². The first-order valence-electron chi connectivity index (χ1n) is 7.52. The van der Waals surface area contributed by atoms with Gasteiger partial charge in [-0.25, -0.2) is 0 Å². The van der Waals surface area contributed by atoms with E-state index >= 15 is 0 Å². The number of hydrogen-bond acceptors (Lipinski definition) is 2. The van der Waals surface area contributed by atoms with Crippen LogP contribution in [0.25, 0.3) is 0 Å². The van der Waals surface area contributed by atoms with Crippen molar-refractivity contribution in [3.05, 3.63) is 68.7 Å². The van der Waals surface area contributed by atoms with Crippen molar-refractivity contribution in [1.29, 1.82) is 0 Å². The second-order valence-corrected chi connectivity index (χ2v) is 7.01. The number of amides is 1. The summed E-state index contributed by atoms with van der Waals surface area (Å²) in [5, 5.41) is 4.65. The van der Waals surface area contributed by atoms with Gasteiger partial charge in [0.15, 0.2) is 0 Å².